The number of hydrogen-bond donors (Lipinski definition) is 0. The van der Waals surface area contributed by atoms with E-state index in [9.17, 15) is 0 Å². The summed E-state index contributed by atoms with van der Waals surface area (Å²) in [4.78, 5) is 0. The minimum absolute atomic E-state index is 1.19. The first kappa shape index (κ1) is 8.80. The minimum atomic E-state index is 1.19. The Kier molecular flexibility index (Phi) is 2.22. The van der Waals surface area contributed by atoms with Gasteiger partial charge in [-0.25, -0.2) is 0 Å². The van der Waals surface area contributed by atoms with Crippen LogP contribution in [0, 0.1) is 0 Å². The maximum atomic E-state index is 3.72. The molecule has 68 valence electrons. The number of fused-ring (bicyclic) bond motifs is 1. The van der Waals surface area contributed by atoms with Crippen LogP contribution in [0.1, 0.15) is 12.5 Å². The van der Waals surface area contributed by atoms with E-state index in [1.807, 2.05) is 25.2 Å². The highest BCUT2D eigenvalue weighted by atomic mass is 14.0. The normalized spacial score (nSPS) is 13.1. The molecule has 1 aromatic carbocycles. The van der Waals surface area contributed by atoms with Gasteiger partial charge < -0.3 is 0 Å². The fourth-order valence-electron chi connectivity index (χ4n) is 1.47. The summed E-state index contributed by atoms with van der Waals surface area (Å²) in [6.07, 6.45) is 7.96. The molecule has 0 fully saturated rings. The molecule has 0 atom stereocenters. The second kappa shape index (κ2) is 3.53. The molecule has 0 aromatic heterocycles. The standard InChI is InChI=1S/C14H12/c1-3-5-11(6-4-2)12-7-8-13-10-14(13)9-12/h3-9H,1H2,2H3. The van der Waals surface area contributed by atoms with E-state index in [1.54, 1.807) is 0 Å². The zero-order valence-electron chi connectivity index (χ0n) is 8.25. The van der Waals surface area contributed by atoms with Crippen LogP contribution in [-0.2, 0) is 0 Å². The van der Waals surface area contributed by atoms with Gasteiger partial charge in [0, 0.05) is 10.4 Å². The van der Waals surface area contributed by atoms with Crippen LogP contribution in [0.3, 0.4) is 0 Å². The van der Waals surface area contributed by atoms with Crippen molar-refractivity contribution in [2.75, 3.05) is 0 Å². The van der Waals surface area contributed by atoms with Crippen molar-refractivity contribution in [3.05, 3.63) is 65.1 Å². The van der Waals surface area contributed by atoms with E-state index in [4.69, 9.17) is 0 Å². The molecule has 0 amide bonds. The number of allylic oxidation sites excluding steroid dienone is 5. The first-order chi connectivity index (χ1) is 6.85. The maximum absolute atomic E-state index is 3.72. The van der Waals surface area contributed by atoms with Crippen LogP contribution < -0.4 is 10.4 Å². The van der Waals surface area contributed by atoms with Crippen molar-refractivity contribution in [1.82, 2.24) is 0 Å². The van der Waals surface area contributed by atoms with Gasteiger partial charge in [-0.1, -0.05) is 36.9 Å². The van der Waals surface area contributed by atoms with Gasteiger partial charge in [0.25, 0.3) is 0 Å². The number of rotatable bonds is 3. The van der Waals surface area contributed by atoms with Gasteiger partial charge in [-0.15, -0.1) is 5.73 Å². The third-order valence-corrected chi connectivity index (χ3v) is 2.20. The first-order valence-electron chi connectivity index (χ1n) is 4.72. The molecule has 0 N–H and O–H groups in total. The van der Waals surface area contributed by atoms with Crippen molar-refractivity contribution in [2.45, 2.75) is 6.92 Å². The molecule has 0 radical (unpaired) electrons. The van der Waals surface area contributed by atoms with E-state index < -0.39 is 0 Å². The van der Waals surface area contributed by atoms with Crippen LogP contribution in [0.4, 0.5) is 0 Å². The summed E-state index contributed by atoms with van der Waals surface area (Å²) in [6.45, 7) is 5.74. The fraction of sp³-hybridized carbons (Fsp3) is 0.0714. The number of hydrogen-bond acceptors (Lipinski definition) is 0. The molecule has 0 spiro atoms. The van der Waals surface area contributed by atoms with Crippen molar-refractivity contribution in [3.8, 4) is 0 Å². The highest BCUT2D eigenvalue weighted by molar-refractivity contribution is 5.75. The van der Waals surface area contributed by atoms with Gasteiger partial charge in [0.2, 0.25) is 0 Å². The quantitative estimate of drug-likeness (QED) is 0.633. The highest BCUT2D eigenvalue weighted by Gasteiger charge is 2.00. The predicted molar refractivity (Wildman–Crippen MR) is 61.2 cm³/mol. The SMILES string of the molecule is C=CC=C(C=CC)c1ccc2c(c1)=C=2. The average molecular weight is 180 g/mol. The molecule has 0 heterocycles. The molecule has 0 saturated carbocycles. The Balaban J connectivity index is 2.42. The smallest absolute Gasteiger partial charge is 0.0328 e. The molecule has 2 rings (SSSR count). The molecule has 0 unspecified atom stereocenters. The zero-order chi connectivity index (χ0) is 9.97. The third kappa shape index (κ3) is 1.61. The molecule has 0 heteroatoms. The Morgan fingerprint density at radius 2 is 2.21 bits per heavy atom. The molecule has 0 aliphatic heterocycles. The third-order valence-electron chi connectivity index (χ3n) is 2.20. The second-order valence-corrected chi connectivity index (χ2v) is 3.24. The molecule has 1 aliphatic carbocycles. The monoisotopic (exact) mass is 180 g/mol. The molecule has 0 bridgehead atoms. The van der Waals surface area contributed by atoms with Crippen LogP contribution in [0.2, 0.25) is 0 Å². The number of benzene rings is 1. The van der Waals surface area contributed by atoms with Crippen LogP contribution in [-0.4, -0.2) is 0 Å². The second-order valence-electron chi connectivity index (χ2n) is 3.24. The summed E-state index contributed by atoms with van der Waals surface area (Å²) in [7, 11) is 0. The van der Waals surface area contributed by atoms with E-state index >= 15 is 0 Å². The Bertz CT molecular complexity index is 550. The Morgan fingerprint density at radius 3 is 2.86 bits per heavy atom. The van der Waals surface area contributed by atoms with Crippen LogP contribution in [0.25, 0.3) is 11.3 Å². The van der Waals surface area contributed by atoms with E-state index in [0.717, 1.165) is 0 Å². The lowest BCUT2D eigenvalue weighted by atomic mass is 10.1. The summed E-state index contributed by atoms with van der Waals surface area (Å²) in [6, 6.07) is 6.38. The zero-order valence-corrected chi connectivity index (χ0v) is 8.25. The Hall–Kier alpha value is -1.78. The summed E-state index contributed by atoms with van der Waals surface area (Å²) >= 11 is 0. The predicted octanol–water partition coefficient (Wildman–Crippen LogP) is 1.90. The lowest BCUT2D eigenvalue weighted by molar-refractivity contribution is 1.56. The van der Waals surface area contributed by atoms with Crippen molar-refractivity contribution in [1.29, 1.82) is 0 Å². The van der Waals surface area contributed by atoms with Crippen molar-refractivity contribution in [3.63, 3.8) is 0 Å². The summed E-state index contributed by atoms with van der Waals surface area (Å²) in [5.41, 5.74) is 5.61. The summed E-state index contributed by atoms with van der Waals surface area (Å²) < 4.78 is 0. The van der Waals surface area contributed by atoms with E-state index in [1.165, 1.54) is 21.6 Å². The largest absolute Gasteiger partial charge is 0.102 e. The van der Waals surface area contributed by atoms with Gasteiger partial charge >= 0.3 is 0 Å². The van der Waals surface area contributed by atoms with Gasteiger partial charge in [0.15, 0.2) is 0 Å². The Labute approximate surface area is 83.9 Å². The van der Waals surface area contributed by atoms with Crippen molar-refractivity contribution >= 4 is 11.3 Å². The topological polar surface area (TPSA) is 0 Å². The summed E-state index contributed by atoms with van der Waals surface area (Å²) in [5, 5.41) is 2.48. The molecule has 0 saturated heterocycles. The van der Waals surface area contributed by atoms with Crippen LogP contribution >= 0.6 is 0 Å². The molecule has 14 heavy (non-hydrogen) atoms. The Morgan fingerprint density at radius 1 is 1.36 bits per heavy atom. The van der Waals surface area contributed by atoms with E-state index in [-0.39, 0.29) is 0 Å². The van der Waals surface area contributed by atoms with Crippen molar-refractivity contribution < 1.29 is 0 Å². The molecular formula is C14H12. The van der Waals surface area contributed by atoms with E-state index in [0.29, 0.717) is 0 Å². The minimum Gasteiger partial charge on any atom is -0.102 e. The summed E-state index contributed by atoms with van der Waals surface area (Å²) in [5.74, 6) is 0. The molecule has 1 aromatic rings. The van der Waals surface area contributed by atoms with Gasteiger partial charge in [-0.2, -0.15) is 0 Å². The lowest BCUT2D eigenvalue weighted by Crippen LogP contribution is -2.06. The van der Waals surface area contributed by atoms with Gasteiger partial charge in [0.05, 0.1) is 0 Å². The molecular weight excluding hydrogens is 168 g/mol. The highest BCUT2D eigenvalue weighted by Crippen LogP contribution is 2.13. The van der Waals surface area contributed by atoms with Crippen LogP contribution in [0.15, 0.2) is 49.1 Å². The lowest BCUT2D eigenvalue weighted by Gasteiger charge is -1.99. The molecule has 1 aliphatic rings. The van der Waals surface area contributed by atoms with Gasteiger partial charge in [-0.3, -0.25) is 0 Å². The average Bonchev–Trinajstić information content (AvgIpc) is 2.95. The van der Waals surface area contributed by atoms with Gasteiger partial charge in [-0.05, 0) is 30.2 Å². The van der Waals surface area contributed by atoms with E-state index in [2.05, 4.69) is 36.6 Å². The fourth-order valence-corrected chi connectivity index (χ4v) is 1.47. The van der Waals surface area contributed by atoms with Crippen LogP contribution in [0.5, 0.6) is 0 Å². The van der Waals surface area contributed by atoms with Gasteiger partial charge in [0.1, 0.15) is 0 Å². The molecule has 0 nitrogen and oxygen atoms in total. The maximum Gasteiger partial charge on any atom is 0.0328 e. The first-order valence-corrected chi connectivity index (χ1v) is 4.72. The van der Waals surface area contributed by atoms with Crippen molar-refractivity contribution in [2.24, 2.45) is 0 Å².